The summed E-state index contributed by atoms with van der Waals surface area (Å²) in [6, 6.07) is 8.83. The van der Waals surface area contributed by atoms with E-state index < -0.39 is 9.84 Å². The van der Waals surface area contributed by atoms with Gasteiger partial charge in [0.15, 0.2) is 0 Å². The van der Waals surface area contributed by atoms with Crippen molar-refractivity contribution in [1.29, 1.82) is 0 Å². The summed E-state index contributed by atoms with van der Waals surface area (Å²) >= 11 is 0. The number of benzene rings is 1. The van der Waals surface area contributed by atoms with Crippen LogP contribution in [0.1, 0.15) is 25.1 Å². The van der Waals surface area contributed by atoms with E-state index in [1.807, 2.05) is 32.0 Å². The van der Waals surface area contributed by atoms with E-state index in [0.717, 1.165) is 13.1 Å². The van der Waals surface area contributed by atoms with Gasteiger partial charge in [0.1, 0.15) is 0 Å². The first-order valence-electron chi connectivity index (χ1n) is 12.0. The summed E-state index contributed by atoms with van der Waals surface area (Å²) in [7, 11) is -2.13. The number of carbonyl (C=O) groups excluding carboxylic acids is 1. The zero-order valence-electron chi connectivity index (χ0n) is 20.9. The normalized spacial score (nSPS) is 14.9. The number of carbonyl (C=O) groups is 1. The van der Waals surface area contributed by atoms with E-state index in [4.69, 9.17) is 9.47 Å². The predicted octanol–water partition coefficient (Wildman–Crippen LogP) is 1.76. The van der Waals surface area contributed by atoms with Crippen molar-refractivity contribution in [2.24, 2.45) is 0 Å². The third-order valence-corrected chi connectivity index (χ3v) is 7.34. The molecule has 2 amide bonds. The van der Waals surface area contributed by atoms with Gasteiger partial charge in [0, 0.05) is 45.9 Å². The van der Waals surface area contributed by atoms with E-state index in [2.05, 4.69) is 15.2 Å². The molecular weight excluding hydrogens is 470 g/mol. The number of rotatable bonds is 12. The molecule has 1 saturated heterocycles. The summed E-state index contributed by atoms with van der Waals surface area (Å²) in [6.45, 7) is 8.93. The highest BCUT2D eigenvalue weighted by atomic mass is 32.2. The Bertz CT molecular complexity index is 1040. The van der Waals surface area contributed by atoms with E-state index in [-0.39, 0.29) is 29.5 Å². The number of nitrogens with one attached hydrogen (secondary N) is 1. The molecule has 194 valence electrons. The van der Waals surface area contributed by atoms with Gasteiger partial charge < -0.3 is 24.3 Å². The van der Waals surface area contributed by atoms with Gasteiger partial charge in [-0.1, -0.05) is 30.3 Å². The summed E-state index contributed by atoms with van der Waals surface area (Å²) in [5, 5.41) is 2.95. The number of methoxy groups -OCH3 is 1. The number of morpholine rings is 1. The van der Waals surface area contributed by atoms with E-state index >= 15 is 0 Å². The fourth-order valence-corrected chi connectivity index (χ4v) is 5.44. The van der Waals surface area contributed by atoms with Gasteiger partial charge in [-0.2, -0.15) is 0 Å². The molecule has 0 aliphatic carbocycles. The van der Waals surface area contributed by atoms with Crippen LogP contribution in [0.4, 0.5) is 4.79 Å². The highest BCUT2D eigenvalue weighted by Gasteiger charge is 2.26. The van der Waals surface area contributed by atoms with Crippen LogP contribution in [0.15, 0.2) is 41.7 Å². The van der Waals surface area contributed by atoms with Crippen molar-refractivity contribution in [2.75, 3.05) is 53.1 Å². The van der Waals surface area contributed by atoms with Crippen molar-refractivity contribution in [3.8, 4) is 0 Å². The highest BCUT2D eigenvalue weighted by Crippen LogP contribution is 2.19. The van der Waals surface area contributed by atoms with Crippen LogP contribution in [0.3, 0.4) is 0 Å². The Morgan fingerprint density at radius 2 is 1.91 bits per heavy atom. The maximum atomic E-state index is 13.3. The second-order valence-corrected chi connectivity index (χ2v) is 10.8. The lowest BCUT2D eigenvalue weighted by molar-refractivity contribution is 0.0345. The summed E-state index contributed by atoms with van der Waals surface area (Å²) < 4.78 is 38.8. The predicted molar refractivity (Wildman–Crippen MR) is 133 cm³/mol. The van der Waals surface area contributed by atoms with Crippen LogP contribution < -0.4 is 5.32 Å². The standard InChI is InChI=1S/C24H37N5O5S/c1-20(2)26-23(30)28(10-9-27-11-15-34-16-12-27)18-22-17-25-24(29(22)13-14-33-3)35(31,32)19-21-7-5-4-6-8-21/h4-8,17,20H,9-16,18-19H2,1-3H3,(H,26,30). The second kappa shape index (κ2) is 13.0. The van der Waals surface area contributed by atoms with Gasteiger partial charge in [-0.3, -0.25) is 4.90 Å². The largest absolute Gasteiger partial charge is 0.383 e. The molecule has 0 saturated carbocycles. The minimum absolute atomic E-state index is 0.00852. The molecule has 0 spiro atoms. The van der Waals surface area contributed by atoms with E-state index in [0.29, 0.717) is 50.7 Å². The summed E-state index contributed by atoms with van der Waals surface area (Å²) in [6.07, 6.45) is 1.55. The van der Waals surface area contributed by atoms with Gasteiger partial charge in [0.05, 0.1) is 44.0 Å². The number of aromatic nitrogens is 2. The third kappa shape index (κ3) is 8.03. The van der Waals surface area contributed by atoms with Crippen molar-refractivity contribution in [3.05, 3.63) is 47.8 Å². The number of hydrogen-bond acceptors (Lipinski definition) is 7. The zero-order chi connectivity index (χ0) is 25.3. The molecule has 35 heavy (non-hydrogen) atoms. The van der Waals surface area contributed by atoms with Crippen LogP contribution in [0.25, 0.3) is 0 Å². The Morgan fingerprint density at radius 1 is 1.20 bits per heavy atom. The van der Waals surface area contributed by atoms with Crippen LogP contribution in [0, 0.1) is 0 Å². The number of hydrogen-bond donors (Lipinski definition) is 1. The maximum absolute atomic E-state index is 13.3. The Morgan fingerprint density at radius 3 is 2.57 bits per heavy atom. The smallest absolute Gasteiger partial charge is 0.317 e. The third-order valence-electron chi connectivity index (χ3n) is 5.74. The Hall–Kier alpha value is -2.47. The first-order valence-corrected chi connectivity index (χ1v) is 13.6. The van der Waals surface area contributed by atoms with Crippen molar-refractivity contribution < 1.29 is 22.7 Å². The molecule has 1 aliphatic rings. The van der Waals surface area contributed by atoms with Crippen LogP contribution in [0.2, 0.25) is 0 Å². The number of sulfone groups is 1. The molecule has 1 aliphatic heterocycles. The lowest BCUT2D eigenvalue weighted by atomic mass is 10.2. The molecule has 0 bridgehead atoms. The molecule has 10 nitrogen and oxygen atoms in total. The fraction of sp³-hybridized carbons (Fsp3) is 0.583. The lowest BCUT2D eigenvalue weighted by Gasteiger charge is -2.30. The van der Waals surface area contributed by atoms with Crippen LogP contribution in [0.5, 0.6) is 0 Å². The quantitative estimate of drug-likeness (QED) is 0.467. The van der Waals surface area contributed by atoms with Crippen LogP contribution >= 0.6 is 0 Å². The minimum Gasteiger partial charge on any atom is -0.383 e. The summed E-state index contributed by atoms with van der Waals surface area (Å²) in [4.78, 5) is 21.3. The SMILES string of the molecule is COCCn1c(CN(CCN2CCOCC2)C(=O)NC(C)C)cnc1S(=O)(=O)Cc1ccccc1. The van der Waals surface area contributed by atoms with Gasteiger partial charge >= 0.3 is 6.03 Å². The number of imidazole rings is 1. The average molecular weight is 508 g/mol. The number of urea groups is 1. The first-order chi connectivity index (χ1) is 16.8. The molecule has 3 rings (SSSR count). The Labute approximate surface area is 208 Å². The zero-order valence-corrected chi connectivity index (χ0v) is 21.7. The van der Waals surface area contributed by atoms with Crippen LogP contribution in [-0.4, -0.2) is 93.0 Å². The van der Waals surface area contributed by atoms with Crippen molar-refractivity contribution in [2.45, 2.75) is 43.9 Å². The fourth-order valence-electron chi connectivity index (χ4n) is 3.92. The van der Waals surface area contributed by atoms with Crippen LogP contribution in [-0.2, 0) is 38.2 Å². The molecule has 1 N–H and O–H groups in total. The van der Waals surface area contributed by atoms with Crippen molar-refractivity contribution >= 4 is 15.9 Å². The number of ether oxygens (including phenoxy) is 2. The maximum Gasteiger partial charge on any atom is 0.317 e. The molecule has 2 heterocycles. The molecule has 0 unspecified atom stereocenters. The second-order valence-electron chi connectivity index (χ2n) is 8.90. The molecule has 0 atom stereocenters. The summed E-state index contributed by atoms with van der Waals surface area (Å²) in [5.74, 6) is -0.147. The lowest BCUT2D eigenvalue weighted by Crippen LogP contribution is -2.47. The van der Waals surface area contributed by atoms with E-state index in [1.54, 1.807) is 34.9 Å². The molecule has 1 aromatic carbocycles. The first kappa shape index (κ1) is 27.1. The minimum atomic E-state index is -3.70. The molecule has 1 aromatic heterocycles. The highest BCUT2D eigenvalue weighted by molar-refractivity contribution is 7.90. The number of nitrogens with zero attached hydrogens (tertiary/aromatic N) is 4. The molecule has 2 aromatic rings. The Balaban J connectivity index is 1.83. The van der Waals surface area contributed by atoms with Gasteiger partial charge in [-0.05, 0) is 19.4 Å². The molecule has 1 fully saturated rings. The van der Waals surface area contributed by atoms with Crippen molar-refractivity contribution in [3.63, 3.8) is 0 Å². The van der Waals surface area contributed by atoms with E-state index in [9.17, 15) is 13.2 Å². The van der Waals surface area contributed by atoms with Gasteiger partial charge in [-0.15, -0.1) is 0 Å². The monoisotopic (exact) mass is 507 g/mol. The molecule has 0 radical (unpaired) electrons. The Kier molecular flexibility index (Phi) is 10.1. The van der Waals surface area contributed by atoms with Gasteiger partial charge in [-0.25, -0.2) is 18.2 Å². The number of amides is 2. The summed E-state index contributed by atoms with van der Waals surface area (Å²) in [5.41, 5.74) is 1.34. The molecular formula is C24H37N5O5S. The van der Waals surface area contributed by atoms with E-state index in [1.165, 1.54) is 0 Å². The molecule has 11 heteroatoms. The van der Waals surface area contributed by atoms with Crippen molar-refractivity contribution in [1.82, 2.24) is 24.7 Å². The van der Waals surface area contributed by atoms with Gasteiger partial charge in [0.2, 0.25) is 15.0 Å². The average Bonchev–Trinajstić information content (AvgIpc) is 3.24. The topological polar surface area (TPSA) is 106 Å². The van der Waals surface area contributed by atoms with Gasteiger partial charge in [0.25, 0.3) is 0 Å².